The first-order chi connectivity index (χ1) is 13.8. The first-order valence-electron chi connectivity index (χ1n) is 8.82. The van der Waals surface area contributed by atoms with Gasteiger partial charge in [0.1, 0.15) is 11.5 Å². The van der Waals surface area contributed by atoms with Crippen molar-refractivity contribution in [2.24, 2.45) is 0 Å². The molecule has 0 aliphatic rings. The van der Waals surface area contributed by atoms with Crippen molar-refractivity contribution in [1.82, 2.24) is 4.90 Å². The normalized spacial score (nSPS) is 10.1. The zero-order chi connectivity index (χ0) is 21.4. The van der Waals surface area contributed by atoms with Gasteiger partial charge >= 0.3 is 5.97 Å². The molecular formula is C21H24N2O6. The molecular weight excluding hydrogens is 376 g/mol. The van der Waals surface area contributed by atoms with Crippen molar-refractivity contribution in [2.45, 2.75) is 6.42 Å². The van der Waals surface area contributed by atoms with Crippen LogP contribution in [0.4, 0.5) is 5.69 Å². The third-order valence-corrected chi connectivity index (χ3v) is 4.02. The quantitative estimate of drug-likeness (QED) is 0.683. The summed E-state index contributed by atoms with van der Waals surface area (Å²) in [5.41, 5.74) is 1.63. The summed E-state index contributed by atoms with van der Waals surface area (Å²) in [7, 11) is 6.35. The van der Waals surface area contributed by atoms with E-state index >= 15 is 0 Å². The number of methoxy groups -OCH3 is 2. The molecule has 0 radical (unpaired) electrons. The molecule has 8 nitrogen and oxygen atoms in total. The van der Waals surface area contributed by atoms with Crippen molar-refractivity contribution >= 4 is 23.5 Å². The Bertz CT molecular complexity index is 877. The Kier molecular flexibility index (Phi) is 7.59. The second-order valence-corrected chi connectivity index (χ2v) is 6.34. The van der Waals surface area contributed by atoms with Gasteiger partial charge in [0.05, 0.1) is 20.6 Å². The fourth-order valence-electron chi connectivity index (χ4n) is 2.50. The van der Waals surface area contributed by atoms with Crippen molar-refractivity contribution in [3.63, 3.8) is 0 Å². The molecule has 2 amide bonds. The number of anilines is 1. The van der Waals surface area contributed by atoms with Gasteiger partial charge in [-0.2, -0.15) is 0 Å². The molecule has 0 aliphatic carbocycles. The number of nitrogens with one attached hydrogen (secondary N) is 1. The molecule has 0 fully saturated rings. The van der Waals surface area contributed by atoms with Gasteiger partial charge in [0.2, 0.25) is 0 Å². The summed E-state index contributed by atoms with van der Waals surface area (Å²) < 4.78 is 15.4. The van der Waals surface area contributed by atoms with Gasteiger partial charge in [-0.1, -0.05) is 6.07 Å². The van der Waals surface area contributed by atoms with E-state index in [2.05, 4.69) is 5.32 Å². The van der Waals surface area contributed by atoms with Crippen LogP contribution in [0.15, 0.2) is 42.5 Å². The standard InChI is InChI=1S/C21H24N2O6/c1-23(2)21(26)14-5-8-16(9-6-14)22-19(24)13-29-20(25)11-15-7-10-17(27-3)12-18(15)28-4/h5-10,12H,11,13H2,1-4H3,(H,22,24). The molecule has 154 valence electrons. The van der Waals surface area contributed by atoms with Crippen LogP contribution < -0.4 is 14.8 Å². The summed E-state index contributed by atoms with van der Waals surface area (Å²) in [6, 6.07) is 11.5. The van der Waals surface area contributed by atoms with Gasteiger partial charge in [0.15, 0.2) is 6.61 Å². The Morgan fingerprint density at radius 3 is 2.24 bits per heavy atom. The van der Waals surface area contributed by atoms with Crippen LogP contribution in [0.25, 0.3) is 0 Å². The number of ether oxygens (including phenoxy) is 3. The van der Waals surface area contributed by atoms with E-state index in [1.165, 1.54) is 19.1 Å². The number of amides is 2. The molecule has 0 aliphatic heterocycles. The van der Waals surface area contributed by atoms with E-state index in [0.717, 1.165) is 0 Å². The van der Waals surface area contributed by atoms with Crippen LogP contribution in [0.2, 0.25) is 0 Å². The van der Waals surface area contributed by atoms with E-state index in [9.17, 15) is 14.4 Å². The summed E-state index contributed by atoms with van der Waals surface area (Å²) in [6.07, 6.45) is -0.0399. The van der Waals surface area contributed by atoms with Crippen molar-refractivity contribution in [2.75, 3.05) is 40.2 Å². The summed E-state index contributed by atoms with van der Waals surface area (Å²) >= 11 is 0. The zero-order valence-electron chi connectivity index (χ0n) is 16.9. The number of benzene rings is 2. The first kappa shape index (κ1) is 21.7. The van der Waals surface area contributed by atoms with E-state index in [-0.39, 0.29) is 12.3 Å². The summed E-state index contributed by atoms with van der Waals surface area (Å²) in [4.78, 5) is 37.4. The molecule has 0 saturated carbocycles. The molecule has 2 rings (SSSR count). The highest BCUT2D eigenvalue weighted by atomic mass is 16.5. The maximum Gasteiger partial charge on any atom is 0.310 e. The highest BCUT2D eigenvalue weighted by molar-refractivity contribution is 5.96. The van der Waals surface area contributed by atoms with Crippen molar-refractivity contribution < 1.29 is 28.6 Å². The Morgan fingerprint density at radius 2 is 1.66 bits per heavy atom. The monoisotopic (exact) mass is 400 g/mol. The number of nitrogens with zero attached hydrogens (tertiary/aromatic N) is 1. The van der Waals surface area contributed by atoms with Crippen LogP contribution in [0.1, 0.15) is 15.9 Å². The lowest BCUT2D eigenvalue weighted by atomic mass is 10.1. The van der Waals surface area contributed by atoms with Gasteiger partial charge in [-0.15, -0.1) is 0 Å². The van der Waals surface area contributed by atoms with Gasteiger partial charge in [-0.25, -0.2) is 0 Å². The molecule has 0 heterocycles. The number of hydrogen-bond donors (Lipinski definition) is 1. The average molecular weight is 400 g/mol. The third kappa shape index (κ3) is 6.24. The molecule has 0 unspecified atom stereocenters. The predicted molar refractivity (Wildman–Crippen MR) is 107 cm³/mol. The van der Waals surface area contributed by atoms with Crippen LogP contribution in [0, 0.1) is 0 Å². The maximum atomic E-state index is 12.0. The molecule has 0 bridgehead atoms. The van der Waals surface area contributed by atoms with Crippen molar-refractivity contribution in [3.8, 4) is 11.5 Å². The average Bonchev–Trinajstić information content (AvgIpc) is 2.72. The molecule has 8 heteroatoms. The maximum absolute atomic E-state index is 12.0. The number of esters is 1. The van der Waals surface area contributed by atoms with Crippen LogP contribution in [0.3, 0.4) is 0 Å². The fraction of sp³-hybridized carbons (Fsp3) is 0.286. The van der Waals surface area contributed by atoms with Gasteiger partial charge in [-0.05, 0) is 30.3 Å². The molecule has 0 saturated heterocycles. The number of hydrogen-bond acceptors (Lipinski definition) is 6. The summed E-state index contributed by atoms with van der Waals surface area (Å²) in [6.45, 7) is -0.421. The Hall–Kier alpha value is -3.55. The van der Waals surface area contributed by atoms with Crippen molar-refractivity contribution in [1.29, 1.82) is 0 Å². The highest BCUT2D eigenvalue weighted by Crippen LogP contribution is 2.25. The minimum absolute atomic E-state index is 0.0399. The SMILES string of the molecule is COc1ccc(CC(=O)OCC(=O)Nc2ccc(C(=O)N(C)C)cc2)c(OC)c1. The predicted octanol–water partition coefficient (Wildman–Crippen LogP) is 2.13. The molecule has 1 N–H and O–H groups in total. The smallest absolute Gasteiger partial charge is 0.310 e. The lowest BCUT2D eigenvalue weighted by Crippen LogP contribution is -2.22. The first-order valence-corrected chi connectivity index (χ1v) is 8.82. The minimum Gasteiger partial charge on any atom is -0.497 e. The lowest BCUT2D eigenvalue weighted by Gasteiger charge is -2.11. The van der Waals surface area contributed by atoms with Gasteiger partial charge in [0, 0.05) is 37.0 Å². The fourth-order valence-corrected chi connectivity index (χ4v) is 2.50. The lowest BCUT2D eigenvalue weighted by molar-refractivity contribution is -0.146. The van der Waals surface area contributed by atoms with Gasteiger partial charge < -0.3 is 24.4 Å². The number of rotatable bonds is 8. The Labute approximate surface area is 169 Å². The van der Waals surface area contributed by atoms with E-state index in [1.54, 1.807) is 56.6 Å². The van der Waals surface area contributed by atoms with E-state index in [0.29, 0.717) is 28.3 Å². The van der Waals surface area contributed by atoms with Crippen LogP contribution in [-0.2, 0) is 20.7 Å². The highest BCUT2D eigenvalue weighted by Gasteiger charge is 2.13. The summed E-state index contributed by atoms with van der Waals surface area (Å²) in [5, 5.41) is 2.61. The van der Waals surface area contributed by atoms with E-state index in [4.69, 9.17) is 14.2 Å². The molecule has 29 heavy (non-hydrogen) atoms. The largest absolute Gasteiger partial charge is 0.497 e. The molecule has 0 aromatic heterocycles. The van der Waals surface area contributed by atoms with Gasteiger partial charge in [-0.3, -0.25) is 14.4 Å². The number of carbonyl (C=O) groups excluding carboxylic acids is 3. The van der Waals surface area contributed by atoms with E-state index < -0.39 is 18.5 Å². The second kappa shape index (κ2) is 10.1. The molecule has 0 spiro atoms. The van der Waals surface area contributed by atoms with Crippen LogP contribution in [0.5, 0.6) is 11.5 Å². The second-order valence-electron chi connectivity index (χ2n) is 6.34. The Morgan fingerprint density at radius 1 is 0.966 bits per heavy atom. The topological polar surface area (TPSA) is 94.2 Å². The third-order valence-electron chi connectivity index (χ3n) is 4.02. The molecule has 2 aromatic rings. The Balaban J connectivity index is 1.86. The molecule has 0 atom stereocenters. The van der Waals surface area contributed by atoms with Crippen LogP contribution in [-0.4, -0.2) is 57.6 Å². The van der Waals surface area contributed by atoms with Crippen LogP contribution >= 0.6 is 0 Å². The minimum atomic E-state index is -0.560. The summed E-state index contributed by atoms with van der Waals surface area (Å²) in [5.74, 6) is -0.0669. The molecule has 2 aromatic carbocycles. The number of carbonyl (C=O) groups is 3. The van der Waals surface area contributed by atoms with Crippen molar-refractivity contribution in [3.05, 3.63) is 53.6 Å². The zero-order valence-corrected chi connectivity index (χ0v) is 16.9. The van der Waals surface area contributed by atoms with E-state index in [1.807, 2.05) is 0 Å². The van der Waals surface area contributed by atoms with Gasteiger partial charge in [0.25, 0.3) is 11.8 Å².